The lowest BCUT2D eigenvalue weighted by molar-refractivity contribution is -0.139. The largest absolute Gasteiger partial charge is 0.342 e. The first-order valence-electron chi connectivity index (χ1n) is 7.89. The number of thiazole rings is 1. The molecule has 23 heavy (non-hydrogen) atoms. The summed E-state index contributed by atoms with van der Waals surface area (Å²) < 4.78 is 1.14. The fraction of sp³-hybridized carbons (Fsp3) is 0.471. The highest BCUT2D eigenvalue weighted by Crippen LogP contribution is 2.24. The third kappa shape index (κ3) is 3.52. The van der Waals surface area contributed by atoms with Crippen molar-refractivity contribution in [1.82, 2.24) is 14.8 Å². The van der Waals surface area contributed by atoms with Gasteiger partial charge in [-0.05, 0) is 25.0 Å². The molecule has 2 aromatic rings. The van der Waals surface area contributed by atoms with Crippen molar-refractivity contribution in [2.45, 2.75) is 26.3 Å². The minimum absolute atomic E-state index is 0.0522. The van der Waals surface area contributed by atoms with E-state index in [-0.39, 0.29) is 17.7 Å². The van der Waals surface area contributed by atoms with Crippen molar-refractivity contribution in [1.29, 1.82) is 0 Å². The summed E-state index contributed by atoms with van der Waals surface area (Å²) in [7, 11) is 1.82. The number of hydrogen-bond acceptors (Lipinski definition) is 4. The highest BCUT2D eigenvalue weighted by molar-refractivity contribution is 7.18. The number of rotatable bonds is 3. The van der Waals surface area contributed by atoms with Crippen molar-refractivity contribution in [3.05, 3.63) is 29.3 Å². The van der Waals surface area contributed by atoms with Crippen LogP contribution >= 0.6 is 11.3 Å². The summed E-state index contributed by atoms with van der Waals surface area (Å²) >= 11 is 1.63. The van der Waals surface area contributed by atoms with Crippen LogP contribution in [0.15, 0.2) is 24.3 Å². The molecule has 0 saturated carbocycles. The first-order valence-corrected chi connectivity index (χ1v) is 8.71. The highest BCUT2D eigenvalue weighted by atomic mass is 32.1. The SMILES string of the molecule is CC(=O)N1CCC[C@@H](C(=O)N(C)Cc2nc3ccccc3s2)C1. The Kier molecular flexibility index (Phi) is 4.61. The van der Waals surface area contributed by atoms with Crippen LogP contribution in [0.2, 0.25) is 0 Å². The maximum Gasteiger partial charge on any atom is 0.227 e. The molecule has 0 spiro atoms. The van der Waals surface area contributed by atoms with Crippen molar-refractivity contribution in [2.24, 2.45) is 5.92 Å². The lowest BCUT2D eigenvalue weighted by Gasteiger charge is -2.33. The minimum Gasteiger partial charge on any atom is -0.342 e. The minimum atomic E-state index is -0.0907. The predicted octanol–water partition coefficient (Wildman–Crippen LogP) is 2.51. The number of carbonyl (C=O) groups excluding carboxylic acids is 2. The molecule has 1 aliphatic rings. The van der Waals surface area contributed by atoms with E-state index in [0.717, 1.165) is 34.6 Å². The summed E-state index contributed by atoms with van der Waals surface area (Å²) in [6, 6.07) is 8.00. The van der Waals surface area contributed by atoms with E-state index in [1.54, 1.807) is 28.1 Å². The van der Waals surface area contributed by atoms with Gasteiger partial charge in [0.2, 0.25) is 11.8 Å². The van der Waals surface area contributed by atoms with E-state index >= 15 is 0 Å². The monoisotopic (exact) mass is 331 g/mol. The van der Waals surface area contributed by atoms with Crippen LogP contribution in [-0.2, 0) is 16.1 Å². The van der Waals surface area contributed by atoms with Crippen LogP contribution in [0.25, 0.3) is 10.2 Å². The number of hydrogen-bond donors (Lipinski definition) is 0. The van der Waals surface area contributed by atoms with Gasteiger partial charge in [-0.1, -0.05) is 12.1 Å². The summed E-state index contributed by atoms with van der Waals surface area (Å²) in [5, 5.41) is 0.946. The Morgan fingerprint density at radius 3 is 2.91 bits per heavy atom. The number of carbonyl (C=O) groups is 2. The normalized spacial score (nSPS) is 18.2. The van der Waals surface area contributed by atoms with Crippen LogP contribution in [0.3, 0.4) is 0 Å². The zero-order chi connectivity index (χ0) is 16.4. The number of amides is 2. The predicted molar refractivity (Wildman–Crippen MR) is 91.1 cm³/mol. The van der Waals surface area contributed by atoms with Gasteiger partial charge >= 0.3 is 0 Å². The van der Waals surface area contributed by atoms with E-state index in [9.17, 15) is 9.59 Å². The maximum atomic E-state index is 12.7. The maximum absolute atomic E-state index is 12.7. The van der Waals surface area contributed by atoms with Gasteiger partial charge in [0, 0.05) is 27.1 Å². The number of para-hydroxylation sites is 1. The number of likely N-dealkylation sites (tertiary alicyclic amines) is 1. The van der Waals surface area contributed by atoms with Crippen molar-refractivity contribution in [3.8, 4) is 0 Å². The van der Waals surface area contributed by atoms with E-state index in [1.807, 2.05) is 31.3 Å². The third-order valence-electron chi connectivity index (χ3n) is 4.30. The lowest BCUT2D eigenvalue weighted by Crippen LogP contribution is -2.45. The zero-order valence-electron chi connectivity index (χ0n) is 13.5. The Balaban J connectivity index is 1.66. The van der Waals surface area contributed by atoms with Gasteiger partial charge in [0.05, 0.1) is 22.7 Å². The molecule has 1 saturated heterocycles. The summed E-state index contributed by atoms with van der Waals surface area (Å²) in [5.41, 5.74) is 0.980. The summed E-state index contributed by atoms with van der Waals surface area (Å²) in [5.74, 6) is 0.0681. The summed E-state index contributed by atoms with van der Waals surface area (Å²) in [6.07, 6.45) is 1.75. The van der Waals surface area contributed by atoms with E-state index in [0.29, 0.717) is 13.1 Å². The van der Waals surface area contributed by atoms with Crippen LogP contribution in [0.5, 0.6) is 0 Å². The molecule has 0 radical (unpaired) electrons. The molecule has 0 bridgehead atoms. The first kappa shape index (κ1) is 15.9. The molecule has 0 N–H and O–H groups in total. The van der Waals surface area contributed by atoms with Crippen molar-refractivity contribution >= 4 is 33.4 Å². The number of nitrogens with zero attached hydrogens (tertiary/aromatic N) is 3. The van der Waals surface area contributed by atoms with Crippen molar-refractivity contribution in [3.63, 3.8) is 0 Å². The van der Waals surface area contributed by atoms with E-state index in [4.69, 9.17) is 0 Å². The Morgan fingerprint density at radius 2 is 2.17 bits per heavy atom. The van der Waals surface area contributed by atoms with Crippen molar-refractivity contribution < 1.29 is 9.59 Å². The molecule has 1 aliphatic heterocycles. The molecular weight excluding hydrogens is 310 g/mol. The summed E-state index contributed by atoms with van der Waals surface area (Å²) in [4.78, 5) is 32.3. The van der Waals surface area contributed by atoms with Gasteiger partial charge < -0.3 is 9.80 Å². The Bertz CT molecular complexity index is 694. The molecule has 0 unspecified atom stereocenters. The summed E-state index contributed by atoms with van der Waals surface area (Å²) in [6.45, 7) is 3.39. The number of benzene rings is 1. The molecule has 2 amide bonds. The molecule has 1 atom stereocenters. The molecule has 2 heterocycles. The number of piperidine rings is 1. The zero-order valence-corrected chi connectivity index (χ0v) is 14.3. The first-order chi connectivity index (χ1) is 11.0. The number of fused-ring (bicyclic) bond motifs is 1. The molecule has 5 nitrogen and oxygen atoms in total. The quantitative estimate of drug-likeness (QED) is 0.868. The smallest absolute Gasteiger partial charge is 0.227 e. The second-order valence-electron chi connectivity index (χ2n) is 6.07. The van der Waals surface area contributed by atoms with E-state index in [2.05, 4.69) is 4.98 Å². The van der Waals surface area contributed by atoms with Crippen LogP contribution in [0.4, 0.5) is 0 Å². The van der Waals surface area contributed by atoms with Gasteiger partial charge in [-0.15, -0.1) is 11.3 Å². The third-order valence-corrected chi connectivity index (χ3v) is 5.32. The Labute approximate surface area is 139 Å². The Morgan fingerprint density at radius 1 is 1.39 bits per heavy atom. The molecule has 1 fully saturated rings. The average Bonchev–Trinajstić information content (AvgIpc) is 2.96. The highest BCUT2D eigenvalue weighted by Gasteiger charge is 2.29. The molecule has 122 valence electrons. The van der Waals surface area contributed by atoms with Crippen LogP contribution in [-0.4, -0.2) is 46.7 Å². The Hall–Kier alpha value is -1.95. The number of aromatic nitrogens is 1. The van der Waals surface area contributed by atoms with E-state index in [1.165, 1.54) is 0 Å². The molecular formula is C17H21N3O2S. The van der Waals surface area contributed by atoms with Gasteiger partial charge in [0.15, 0.2) is 0 Å². The molecule has 1 aromatic heterocycles. The van der Waals surface area contributed by atoms with Crippen molar-refractivity contribution in [2.75, 3.05) is 20.1 Å². The average molecular weight is 331 g/mol. The fourth-order valence-electron chi connectivity index (χ4n) is 3.04. The van der Waals surface area contributed by atoms with Gasteiger partial charge in [-0.2, -0.15) is 0 Å². The molecule has 1 aromatic carbocycles. The van der Waals surface area contributed by atoms with Crippen LogP contribution < -0.4 is 0 Å². The molecule has 6 heteroatoms. The van der Waals surface area contributed by atoms with Crippen LogP contribution in [0, 0.1) is 5.92 Å². The van der Waals surface area contributed by atoms with Gasteiger partial charge in [-0.25, -0.2) is 4.98 Å². The fourth-order valence-corrected chi connectivity index (χ4v) is 4.07. The lowest BCUT2D eigenvalue weighted by atomic mass is 9.96. The molecule has 0 aliphatic carbocycles. The van der Waals surface area contributed by atoms with Crippen LogP contribution in [0.1, 0.15) is 24.8 Å². The van der Waals surface area contributed by atoms with Gasteiger partial charge in [-0.3, -0.25) is 9.59 Å². The standard InChI is InChI=1S/C17H21N3O2S/c1-12(21)20-9-5-6-13(10-20)17(22)19(2)11-16-18-14-7-3-4-8-15(14)23-16/h3-4,7-8,13H,5-6,9-11H2,1-2H3/t13-/m1/s1. The second-order valence-corrected chi connectivity index (χ2v) is 7.19. The van der Waals surface area contributed by atoms with E-state index < -0.39 is 0 Å². The topological polar surface area (TPSA) is 53.5 Å². The second kappa shape index (κ2) is 6.66. The molecule has 3 rings (SSSR count). The van der Waals surface area contributed by atoms with Gasteiger partial charge in [0.1, 0.15) is 5.01 Å². The van der Waals surface area contributed by atoms with Gasteiger partial charge in [0.25, 0.3) is 0 Å².